The van der Waals surface area contributed by atoms with Gasteiger partial charge in [0.15, 0.2) is 17.3 Å². The molecule has 0 saturated carbocycles. The summed E-state index contributed by atoms with van der Waals surface area (Å²) < 4.78 is 34.0. The van der Waals surface area contributed by atoms with E-state index in [9.17, 15) is 18.0 Å². The Morgan fingerprint density at radius 1 is 0.878 bits per heavy atom. The monoisotopic (exact) mass is 703 g/mol. The van der Waals surface area contributed by atoms with E-state index in [1.165, 1.54) is 12.1 Å². The average molecular weight is 706 g/mol. The zero-order chi connectivity index (χ0) is 30.1. The first-order valence-electron chi connectivity index (χ1n) is 13.8. The lowest BCUT2D eigenvalue weighted by molar-refractivity contribution is -0.119. The van der Waals surface area contributed by atoms with E-state index in [4.69, 9.17) is 4.18 Å². The molecule has 1 aliphatic heterocycles. The SMILES string of the molecule is CCN1C2=C(C(=O)CC(C)(C)C2)C(c2cc(Br)cc(Br)c2OS(=O)(=O)c2ccc(C)cc2)C2=C1CC(C)(C)CC2=O. The summed E-state index contributed by atoms with van der Waals surface area (Å²) in [7, 11) is -4.22. The molecule has 5 rings (SSSR count). The number of aryl methyl sites for hydroxylation is 1. The van der Waals surface area contributed by atoms with Gasteiger partial charge >= 0.3 is 10.1 Å². The van der Waals surface area contributed by atoms with Crippen LogP contribution in [0.15, 0.2) is 72.8 Å². The fourth-order valence-corrected chi connectivity index (χ4v) is 8.90. The molecule has 9 heteroatoms. The topological polar surface area (TPSA) is 80.8 Å². The molecule has 0 aromatic heterocycles. The van der Waals surface area contributed by atoms with E-state index in [0.717, 1.165) is 17.0 Å². The van der Waals surface area contributed by atoms with Crippen LogP contribution in [-0.4, -0.2) is 31.4 Å². The van der Waals surface area contributed by atoms with Crippen LogP contribution in [-0.2, 0) is 19.7 Å². The molecule has 0 spiro atoms. The number of ketones is 2. The van der Waals surface area contributed by atoms with Gasteiger partial charge < -0.3 is 9.08 Å². The van der Waals surface area contributed by atoms with Crippen LogP contribution in [0, 0.1) is 17.8 Å². The highest BCUT2D eigenvalue weighted by Gasteiger charge is 2.49. The Labute approximate surface area is 259 Å². The minimum Gasteiger partial charge on any atom is -0.377 e. The molecule has 2 aliphatic carbocycles. The van der Waals surface area contributed by atoms with Crippen LogP contribution in [0.2, 0.25) is 0 Å². The number of allylic oxidation sites excluding steroid dienone is 4. The number of rotatable bonds is 5. The lowest BCUT2D eigenvalue weighted by Gasteiger charge is -2.49. The highest BCUT2D eigenvalue weighted by molar-refractivity contribution is 9.11. The van der Waals surface area contributed by atoms with Gasteiger partial charge in [0.25, 0.3) is 0 Å². The van der Waals surface area contributed by atoms with Gasteiger partial charge in [0.05, 0.1) is 4.47 Å². The molecule has 2 aromatic rings. The summed E-state index contributed by atoms with van der Waals surface area (Å²) in [5.41, 5.74) is 3.89. The van der Waals surface area contributed by atoms with Gasteiger partial charge in [0.2, 0.25) is 0 Å². The summed E-state index contributed by atoms with van der Waals surface area (Å²) in [6.45, 7) is 12.9. The summed E-state index contributed by atoms with van der Waals surface area (Å²) >= 11 is 7.10. The summed E-state index contributed by atoms with van der Waals surface area (Å²) in [6, 6.07) is 9.95. The van der Waals surface area contributed by atoms with Gasteiger partial charge in [-0.2, -0.15) is 8.42 Å². The summed E-state index contributed by atoms with van der Waals surface area (Å²) in [5, 5.41) is 0. The largest absolute Gasteiger partial charge is 0.377 e. The molecule has 0 fully saturated rings. The van der Waals surface area contributed by atoms with Crippen molar-refractivity contribution < 1.29 is 22.2 Å². The molecule has 0 N–H and O–H groups in total. The van der Waals surface area contributed by atoms with E-state index in [1.54, 1.807) is 24.3 Å². The minimum atomic E-state index is -4.22. The number of nitrogens with zero attached hydrogens (tertiary/aromatic N) is 1. The quantitative estimate of drug-likeness (QED) is 0.294. The van der Waals surface area contributed by atoms with Crippen LogP contribution in [0.3, 0.4) is 0 Å². The van der Waals surface area contributed by atoms with Crippen molar-refractivity contribution in [2.75, 3.05) is 6.54 Å². The van der Waals surface area contributed by atoms with E-state index in [2.05, 4.69) is 64.5 Å². The van der Waals surface area contributed by atoms with Crippen molar-refractivity contribution >= 4 is 53.5 Å². The molecule has 1 heterocycles. The molecular formula is C32H35Br2NO5S. The zero-order valence-electron chi connectivity index (χ0n) is 24.2. The first-order chi connectivity index (χ1) is 19.0. The van der Waals surface area contributed by atoms with Crippen LogP contribution in [0.4, 0.5) is 0 Å². The highest BCUT2D eigenvalue weighted by atomic mass is 79.9. The average Bonchev–Trinajstić information content (AvgIpc) is 2.83. The molecule has 0 atom stereocenters. The Balaban J connectivity index is 1.78. The summed E-state index contributed by atoms with van der Waals surface area (Å²) in [5.74, 6) is -0.704. The summed E-state index contributed by atoms with van der Waals surface area (Å²) in [4.78, 5) is 30.2. The number of hydrogen-bond donors (Lipinski definition) is 0. The van der Waals surface area contributed by atoms with Crippen molar-refractivity contribution in [1.29, 1.82) is 0 Å². The number of carbonyl (C=O) groups is 2. The maximum absolute atomic E-state index is 14.0. The fraction of sp³-hybridized carbons (Fsp3) is 0.438. The second-order valence-corrected chi connectivity index (χ2v) is 16.3. The minimum absolute atomic E-state index is 0.0210. The van der Waals surface area contributed by atoms with Crippen LogP contribution in [0.5, 0.6) is 5.75 Å². The maximum atomic E-state index is 14.0. The fourth-order valence-electron chi connectivity index (χ4n) is 6.49. The molecule has 0 saturated heterocycles. The summed E-state index contributed by atoms with van der Waals surface area (Å²) in [6.07, 6.45) is 2.04. The van der Waals surface area contributed by atoms with Gasteiger partial charge in [-0.25, -0.2) is 0 Å². The maximum Gasteiger partial charge on any atom is 0.339 e. The highest BCUT2D eigenvalue weighted by Crippen LogP contribution is 2.56. The van der Waals surface area contributed by atoms with Crippen LogP contribution >= 0.6 is 31.9 Å². The Morgan fingerprint density at radius 3 is 1.88 bits per heavy atom. The van der Waals surface area contributed by atoms with Gasteiger partial charge in [-0.3, -0.25) is 9.59 Å². The third-order valence-electron chi connectivity index (χ3n) is 8.19. The molecule has 6 nitrogen and oxygen atoms in total. The number of carbonyl (C=O) groups excluding carboxylic acids is 2. The van der Waals surface area contributed by atoms with E-state index in [-0.39, 0.29) is 33.0 Å². The van der Waals surface area contributed by atoms with Crippen LogP contribution in [0.25, 0.3) is 0 Å². The van der Waals surface area contributed by atoms with Crippen molar-refractivity contribution in [3.63, 3.8) is 0 Å². The van der Waals surface area contributed by atoms with Gasteiger partial charge in [-0.05, 0) is 77.7 Å². The number of Topliss-reactive ketones (excluding diaryl/α,β-unsaturated/α-hetero) is 2. The predicted octanol–water partition coefficient (Wildman–Crippen LogP) is 7.99. The van der Waals surface area contributed by atoms with Crippen molar-refractivity contribution in [2.45, 2.75) is 78.0 Å². The van der Waals surface area contributed by atoms with Crippen LogP contribution < -0.4 is 4.18 Å². The molecule has 41 heavy (non-hydrogen) atoms. The standard InChI is InChI=1S/C32H35Br2NO5S/c1-7-35-23-14-31(3,4)16-25(36)28(23)27(29-24(35)15-32(5,6)17-26(29)37)21-12-19(33)13-22(34)30(21)40-41(38,39)20-10-8-18(2)9-11-20/h8-13,27H,7,14-17H2,1-6H3. The first-order valence-corrected chi connectivity index (χ1v) is 16.8. The second-order valence-electron chi connectivity index (χ2n) is 12.9. The van der Waals surface area contributed by atoms with Gasteiger partial charge in [-0.15, -0.1) is 0 Å². The molecule has 2 aromatic carbocycles. The Kier molecular flexibility index (Phi) is 7.74. The lowest BCUT2D eigenvalue weighted by Crippen LogP contribution is -2.44. The normalized spacial score (nSPS) is 20.7. The van der Waals surface area contributed by atoms with E-state index in [1.807, 2.05) is 13.8 Å². The predicted molar refractivity (Wildman–Crippen MR) is 166 cm³/mol. The van der Waals surface area contributed by atoms with E-state index in [0.29, 0.717) is 57.9 Å². The Morgan fingerprint density at radius 2 is 1.39 bits per heavy atom. The van der Waals surface area contributed by atoms with Gasteiger partial charge in [-0.1, -0.05) is 61.3 Å². The molecule has 0 bridgehead atoms. The van der Waals surface area contributed by atoms with Crippen molar-refractivity contribution in [3.8, 4) is 5.75 Å². The first kappa shape index (κ1) is 30.2. The molecule has 218 valence electrons. The van der Waals surface area contributed by atoms with Gasteiger partial charge in [0, 0.05) is 57.9 Å². The lowest BCUT2D eigenvalue weighted by atomic mass is 9.63. The third kappa shape index (κ3) is 5.62. The zero-order valence-corrected chi connectivity index (χ0v) is 28.2. The smallest absolute Gasteiger partial charge is 0.339 e. The van der Waals surface area contributed by atoms with Crippen molar-refractivity contribution in [2.24, 2.45) is 10.8 Å². The number of hydrogen-bond acceptors (Lipinski definition) is 6. The second kappa shape index (κ2) is 10.5. The molecule has 0 radical (unpaired) electrons. The number of halogens is 2. The molecule has 0 amide bonds. The van der Waals surface area contributed by atoms with Crippen molar-refractivity contribution in [3.05, 3.63) is 79.0 Å². The number of benzene rings is 2. The van der Waals surface area contributed by atoms with Crippen LogP contribution in [0.1, 0.15) is 77.3 Å². The third-order valence-corrected chi connectivity index (χ3v) is 10.5. The van der Waals surface area contributed by atoms with E-state index < -0.39 is 16.0 Å². The molecule has 3 aliphatic rings. The molecule has 0 unspecified atom stereocenters. The molecular weight excluding hydrogens is 670 g/mol. The van der Waals surface area contributed by atoms with Crippen molar-refractivity contribution in [1.82, 2.24) is 4.90 Å². The Bertz CT molecular complexity index is 1580. The van der Waals surface area contributed by atoms with Gasteiger partial charge in [0.1, 0.15) is 4.90 Å². The Hall–Kier alpha value is -2.23. The van der Waals surface area contributed by atoms with E-state index >= 15 is 0 Å².